The number of rotatable bonds is 3. The topological polar surface area (TPSA) is 63.6 Å². The molecule has 2 aromatic rings. The predicted octanol–water partition coefficient (Wildman–Crippen LogP) is 3.56. The van der Waals surface area contributed by atoms with Crippen LogP contribution in [0.15, 0.2) is 36.4 Å². The van der Waals surface area contributed by atoms with E-state index in [0.717, 1.165) is 17.2 Å². The first-order valence-corrected chi connectivity index (χ1v) is 7.83. The van der Waals surface area contributed by atoms with Gasteiger partial charge in [0, 0.05) is 6.42 Å². The van der Waals surface area contributed by atoms with Crippen molar-refractivity contribution < 1.29 is 19.4 Å². The van der Waals surface area contributed by atoms with Crippen molar-refractivity contribution in [2.24, 2.45) is 5.92 Å². The zero-order chi connectivity index (χ0) is 16.6. The predicted molar refractivity (Wildman–Crippen MR) is 87.8 cm³/mol. The number of ether oxygens (including phenoxy) is 1. The van der Waals surface area contributed by atoms with Crippen LogP contribution in [0.3, 0.4) is 0 Å². The van der Waals surface area contributed by atoms with Crippen molar-refractivity contribution in [3.8, 4) is 5.75 Å². The first kappa shape index (κ1) is 15.5. The minimum Gasteiger partial charge on any atom is -0.497 e. The molecule has 4 nitrogen and oxygen atoms in total. The molecule has 2 unspecified atom stereocenters. The number of ketones is 1. The fourth-order valence-electron chi connectivity index (χ4n) is 3.67. The highest BCUT2D eigenvalue weighted by atomic mass is 16.5. The number of methoxy groups -OCH3 is 1. The van der Waals surface area contributed by atoms with Gasteiger partial charge in [0.25, 0.3) is 0 Å². The highest BCUT2D eigenvalue weighted by molar-refractivity contribution is 6.12. The van der Waals surface area contributed by atoms with Crippen molar-refractivity contribution in [3.63, 3.8) is 0 Å². The van der Waals surface area contributed by atoms with Crippen molar-refractivity contribution in [1.29, 1.82) is 0 Å². The molecule has 0 spiro atoms. The third kappa shape index (κ3) is 2.38. The molecule has 120 valence electrons. The van der Waals surface area contributed by atoms with Gasteiger partial charge in [0.15, 0.2) is 11.2 Å². The molecule has 1 aliphatic rings. The third-order valence-corrected chi connectivity index (χ3v) is 4.89. The standard InChI is InChI=1S/C19H20O4/c1-12-7-8-17(20)19(11-12,18(21)22)16-10-14(23-2)9-13-5-3-4-6-15(13)16/h3-6,9-10,12H,7-8,11H2,1-2H3,(H,21,22). The van der Waals surface area contributed by atoms with Gasteiger partial charge >= 0.3 is 5.97 Å². The lowest BCUT2D eigenvalue weighted by atomic mass is 9.64. The van der Waals surface area contributed by atoms with Gasteiger partial charge in [-0.15, -0.1) is 0 Å². The van der Waals surface area contributed by atoms with Crippen molar-refractivity contribution in [2.45, 2.75) is 31.6 Å². The van der Waals surface area contributed by atoms with Crippen LogP contribution in [-0.2, 0) is 15.0 Å². The summed E-state index contributed by atoms with van der Waals surface area (Å²) in [4.78, 5) is 24.9. The van der Waals surface area contributed by atoms with E-state index >= 15 is 0 Å². The van der Waals surface area contributed by atoms with Gasteiger partial charge in [0.1, 0.15) is 5.75 Å². The van der Waals surface area contributed by atoms with E-state index in [1.54, 1.807) is 13.2 Å². The first-order valence-electron chi connectivity index (χ1n) is 7.83. The van der Waals surface area contributed by atoms with Gasteiger partial charge < -0.3 is 9.84 Å². The number of carbonyl (C=O) groups is 2. The highest BCUT2D eigenvalue weighted by Gasteiger charge is 2.51. The number of carboxylic acid groups (broad SMARTS) is 1. The van der Waals surface area contributed by atoms with Gasteiger partial charge in [-0.05, 0) is 47.2 Å². The maximum atomic E-state index is 12.7. The van der Waals surface area contributed by atoms with Crippen molar-refractivity contribution >= 4 is 22.5 Å². The summed E-state index contributed by atoms with van der Waals surface area (Å²) in [6.07, 6.45) is 1.38. The Morgan fingerprint density at radius 2 is 2.04 bits per heavy atom. The average Bonchev–Trinajstić information content (AvgIpc) is 2.55. The zero-order valence-corrected chi connectivity index (χ0v) is 13.3. The molecule has 0 amide bonds. The second-order valence-electron chi connectivity index (χ2n) is 6.38. The Balaban J connectivity index is 2.34. The van der Waals surface area contributed by atoms with Crippen LogP contribution >= 0.6 is 0 Å². The Kier molecular flexibility index (Phi) is 3.84. The van der Waals surface area contributed by atoms with Gasteiger partial charge in [0.05, 0.1) is 7.11 Å². The van der Waals surface area contributed by atoms with Crippen LogP contribution in [0.1, 0.15) is 31.7 Å². The molecule has 0 aromatic heterocycles. The Labute approximate surface area is 135 Å². The maximum Gasteiger partial charge on any atom is 0.321 e. The van der Waals surface area contributed by atoms with Gasteiger partial charge in [-0.25, -0.2) is 0 Å². The summed E-state index contributed by atoms with van der Waals surface area (Å²) in [5.74, 6) is -0.506. The summed E-state index contributed by atoms with van der Waals surface area (Å²) < 4.78 is 5.34. The van der Waals surface area contributed by atoms with Crippen molar-refractivity contribution in [3.05, 3.63) is 42.0 Å². The molecule has 0 saturated heterocycles. The molecular weight excluding hydrogens is 292 g/mol. The number of hydrogen-bond acceptors (Lipinski definition) is 3. The Morgan fingerprint density at radius 1 is 1.30 bits per heavy atom. The number of fused-ring (bicyclic) bond motifs is 1. The highest BCUT2D eigenvalue weighted by Crippen LogP contribution is 2.44. The Morgan fingerprint density at radius 3 is 2.74 bits per heavy atom. The lowest BCUT2D eigenvalue weighted by molar-refractivity contribution is -0.151. The molecular formula is C19H20O4. The summed E-state index contributed by atoms with van der Waals surface area (Å²) in [5.41, 5.74) is -0.928. The number of aliphatic carboxylic acids is 1. The maximum absolute atomic E-state index is 12.7. The summed E-state index contributed by atoms with van der Waals surface area (Å²) >= 11 is 0. The average molecular weight is 312 g/mol. The van der Waals surface area contributed by atoms with Crippen LogP contribution in [0, 0.1) is 5.92 Å². The summed E-state index contributed by atoms with van der Waals surface area (Å²) in [6, 6.07) is 11.1. The molecule has 0 bridgehead atoms. The number of carbonyl (C=O) groups excluding carboxylic acids is 1. The van der Waals surface area contributed by atoms with Crippen molar-refractivity contribution in [2.75, 3.05) is 7.11 Å². The molecule has 0 aliphatic heterocycles. The molecule has 2 atom stereocenters. The minimum atomic E-state index is -1.48. The number of benzene rings is 2. The summed E-state index contributed by atoms with van der Waals surface area (Å²) in [7, 11) is 1.55. The zero-order valence-electron chi connectivity index (χ0n) is 13.3. The summed E-state index contributed by atoms with van der Waals surface area (Å²) in [6.45, 7) is 2.01. The second-order valence-corrected chi connectivity index (χ2v) is 6.38. The lowest BCUT2D eigenvalue weighted by Crippen LogP contribution is -2.48. The molecule has 1 N–H and O–H groups in total. The number of Topliss-reactive ketones (excluding diaryl/α,β-unsaturated/α-hetero) is 1. The van der Waals surface area contributed by atoms with Crippen LogP contribution < -0.4 is 4.74 Å². The Hall–Kier alpha value is -2.36. The van der Waals surface area contributed by atoms with Gasteiger partial charge in [-0.3, -0.25) is 9.59 Å². The quantitative estimate of drug-likeness (QED) is 0.880. The molecule has 1 fully saturated rings. The van der Waals surface area contributed by atoms with Crippen LogP contribution in [0.5, 0.6) is 5.75 Å². The van der Waals surface area contributed by atoms with Crippen LogP contribution in [0.4, 0.5) is 0 Å². The third-order valence-electron chi connectivity index (χ3n) is 4.89. The molecule has 1 aliphatic carbocycles. The van der Waals surface area contributed by atoms with E-state index < -0.39 is 11.4 Å². The largest absolute Gasteiger partial charge is 0.497 e. The van der Waals surface area contributed by atoms with Gasteiger partial charge in [-0.2, -0.15) is 0 Å². The molecule has 2 aromatic carbocycles. The van der Waals surface area contributed by atoms with E-state index in [1.807, 2.05) is 37.3 Å². The van der Waals surface area contributed by atoms with Gasteiger partial charge in [-0.1, -0.05) is 31.2 Å². The molecule has 4 heteroatoms. The van der Waals surface area contributed by atoms with Crippen LogP contribution in [-0.4, -0.2) is 24.0 Å². The van der Waals surface area contributed by atoms with Gasteiger partial charge in [0.2, 0.25) is 0 Å². The molecule has 1 saturated carbocycles. The van der Waals surface area contributed by atoms with E-state index in [9.17, 15) is 14.7 Å². The molecule has 23 heavy (non-hydrogen) atoms. The number of hydrogen-bond donors (Lipinski definition) is 1. The van der Waals surface area contributed by atoms with Crippen LogP contribution in [0.25, 0.3) is 10.8 Å². The smallest absolute Gasteiger partial charge is 0.321 e. The monoisotopic (exact) mass is 312 g/mol. The van der Waals surface area contributed by atoms with Crippen LogP contribution in [0.2, 0.25) is 0 Å². The normalized spacial score (nSPS) is 24.6. The summed E-state index contributed by atoms with van der Waals surface area (Å²) in [5, 5.41) is 11.7. The van der Waals surface area contributed by atoms with E-state index in [4.69, 9.17) is 4.74 Å². The number of carboxylic acids is 1. The molecule has 0 radical (unpaired) electrons. The fourth-order valence-corrected chi connectivity index (χ4v) is 3.67. The van der Waals surface area contributed by atoms with E-state index in [1.165, 1.54) is 0 Å². The lowest BCUT2D eigenvalue weighted by Gasteiger charge is -2.36. The first-order chi connectivity index (χ1) is 11.0. The second kappa shape index (κ2) is 5.69. The minimum absolute atomic E-state index is 0.189. The SMILES string of the molecule is COc1cc(C2(C(=O)O)CC(C)CCC2=O)c2ccccc2c1. The molecule has 3 rings (SSSR count). The fraction of sp³-hybridized carbons (Fsp3) is 0.368. The molecule has 0 heterocycles. The Bertz CT molecular complexity index is 780. The van der Waals surface area contributed by atoms with E-state index in [2.05, 4.69) is 0 Å². The van der Waals surface area contributed by atoms with E-state index in [0.29, 0.717) is 24.2 Å². The van der Waals surface area contributed by atoms with E-state index in [-0.39, 0.29) is 11.7 Å². The van der Waals surface area contributed by atoms with Crippen molar-refractivity contribution in [1.82, 2.24) is 0 Å².